The third-order valence-electron chi connectivity index (χ3n) is 2.65. The summed E-state index contributed by atoms with van der Waals surface area (Å²) in [6.45, 7) is 4.51. The Hall–Kier alpha value is -2.17. The number of benzene rings is 1. The standard InChI is InChI=1S/C14H16FN3O/c1-4-16-14-8-13(17-9(2)18-14)11-6-5-10(19-3)7-12(11)15/h5-8H,4H2,1-3H3,(H,16,17,18). The van der Waals surface area contributed by atoms with Crippen molar-refractivity contribution in [2.75, 3.05) is 19.0 Å². The molecule has 0 saturated carbocycles. The van der Waals surface area contributed by atoms with Crippen LogP contribution in [0, 0.1) is 12.7 Å². The van der Waals surface area contributed by atoms with Gasteiger partial charge in [-0.3, -0.25) is 0 Å². The normalized spacial score (nSPS) is 10.3. The number of ether oxygens (including phenoxy) is 1. The summed E-state index contributed by atoms with van der Waals surface area (Å²) in [7, 11) is 1.51. The van der Waals surface area contributed by atoms with Gasteiger partial charge in [-0.25, -0.2) is 14.4 Å². The van der Waals surface area contributed by atoms with Gasteiger partial charge in [0, 0.05) is 24.2 Å². The zero-order valence-electron chi connectivity index (χ0n) is 11.2. The largest absolute Gasteiger partial charge is 0.497 e. The molecule has 0 amide bonds. The first kappa shape index (κ1) is 13.3. The Morgan fingerprint density at radius 3 is 2.68 bits per heavy atom. The van der Waals surface area contributed by atoms with Gasteiger partial charge in [-0.2, -0.15) is 0 Å². The first-order valence-corrected chi connectivity index (χ1v) is 6.07. The average molecular weight is 261 g/mol. The highest BCUT2D eigenvalue weighted by molar-refractivity contribution is 5.64. The van der Waals surface area contributed by atoms with Crippen LogP contribution in [0.25, 0.3) is 11.3 Å². The highest BCUT2D eigenvalue weighted by Gasteiger charge is 2.10. The molecule has 0 aliphatic rings. The Morgan fingerprint density at radius 1 is 1.26 bits per heavy atom. The topological polar surface area (TPSA) is 47.0 Å². The van der Waals surface area contributed by atoms with Crippen LogP contribution in [0.2, 0.25) is 0 Å². The van der Waals surface area contributed by atoms with E-state index in [4.69, 9.17) is 4.74 Å². The molecule has 2 rings (SSSR count). The Kier molecular flexibility index (Phi) is 3.94. The predicted octanol–water partition coefficient (Wildman–Crippen LogP) is 3.03. The van der Waals surface area contributed by atoms with E-state index in [1.807, 2.05) is 6.92 Å². The first-order chi connectivity index (χ1) is 9.13. The Balaban J connectivity index is 2.46. The molecule has 0 radical (unpaired) electrons. The fourth-order valence-electron chi connectivity index (χ4n) is 1.81. The molecule has 1 aromatic carbocycles. The monoisotopic (exact) mass is 261 g/mol. The molecule has 0 fully saturated rings. The number of nitrogens with one attached hydrogen (secondary N) is 1. The minimum Gasteiger partial charge on any atom is -0.497 e. The van der Waals surface area contributed by atoms with Crippen molar-refractivity contribution in [3.05, 3.63) is 35.9 Å². The maximum atomic E-state index is 14.0. The molecular weight excluding hydrogens is 245 g/mol. The number of nitrogens with zero attached hydrogens (tertiary/aromatic N) is 2. The Bertz CT molecular complexity index is 587. The summed E-state index contributed by atoms with van der Waals surface area (Å²) in [5.74, 6) is 1.42. The maximum Gasteiger partial charge on any atom is 0.136 e. The number of hydrogen-bond donors (Lipinski definition) is 1. The summed E-state index contributed by atoms with van der Waals surface area (Å²) in [6, 6.07) is 6.45. The molecular formula is C14H16FN3O. The van der Waals surface area contributed by atoms with Gasteiger partial charge in [0.1, 0.15) is 23.2 Å². The first-order valence-electron chi connectivity index (χ1n) is 6.07. The third kappa shape index (κ3) is 2.99. The molecule has 0 aliphatic carbocycles. The van der Waals surface area contributed by atoms with Crippen LogP contribution in [0.4, 0.5) is 10.2 Å². The highest BCUT2D eigenvalue weighted by atomic mass is 19.1. The lowest BCUT2D eigenvalue weighted by Crippen LogP contribution is -2.03. The second kappa shape index (κ2) is 5.65. The van der Waals surface area contributed by atoms with Crippen LogP contribution in [0.3, 0.4) is 0 Å². The second-order valence-electron chi connectivity index (χ2n) is 4.06. The number of hydrogen-bond acceptors (Lipinski definition) is 4. The van der Waals surface area contributed by atoms with Crippen LogP contribution in [0.1, 0.15) is 12.7 Å². The predicted molar refractivity (Wildman–Crippen MR) is 72.9 cm³/mol. The van der Waals surface area contributed by atoms with Crippen molar-refractivity contribution in [2.45, 2.75) is 13.8 Å². The number of methoxy groups -OCH3 is 1. The van der Waals surface area contributed by atoms with E-state index in [1.54, 1.807) is 25.1 Å². The van der Waals surface area contributed by atoms with Gasteiger partial charge in [0.2, 0.25) is 0 Å². The van der Waals surface area contributed by atoms with Gasteiger partial charge in [-0.15, -0.1) is 0 Å². The van der Waals surface area contributed by atoms with Crippen LogP contribution >= 0.6 is 0 Å². The van der Waals surface area contributed by atoms with Crippen LogP contribution in [0.15, 0.2) is 24.3 Å². The lowest BCUT2D eigenvalue weighted by atomic mass is 10.1. The van der Waals surface area contributed by atoms with Crippen molar-refractivity contribution in [3.8, 4) is 17.0 Å². The molecule has 0 spiro atoms. The van der Waals surface area contributed by atoms with E-state index < -0.39 is 0 Å². The smallest absolute Gasteiger partial charge is 0.136 e. The summed E-state index contributed by atoms with van der Waals surface area (Å²) in [6.07, 6.45) is 0. The van der Waals surface area contributed by atoms with Crippen molar-refractivity contribution in [1.29, 1.82) is 0 Å². The molecule has 4 nitrogen and oxygen atoms in total. The van der Waals surface area contributed by atoms with Crippen molar-refractivity contribution < 1.29 is 9.13 Å². The van der Waals surface area contributed by atoms with Crippen LogP contribution in [0.5, 0.6) is 5.75 Å². The molecule has 2 aromatic rings. The van der Waals surface area contributed by atoms with Crippen molar-refractivity contribution >= 4 is 5.82 Å². The Morgan fingerprint density at radius 2 is 2.05 bits per heavy atom. The quantitative estimate of drug-likeness (QED) is 0.919. The van der Waals surface area contributed by atoms with Crippen molar-refractivity contribution in [2.24, 2.45) is 0 Å². The molecule has 0 atom stereocenters. The van der Waals surface area contributed by atoms with E-state index in [1.165, 1.54) is 13.2 Å². The fraction of sp³-hybridized carbons (Fsp3) is 0.286. The van der Waals surface area contributed by atoms with E-state index in [0.717, 1.165) is 6.54 Å². The number of anilines is 1. The lowest BCUT2D eigenvalue weighted by molar-refractivity contribution is 0.411. The number of aromatic nitrogens is 2. The molecule has 1 aromatic heterocycles. The van der Waals surface area contributed by atoms with E-state index in [0.29, 0.717) is 28.6 Å². The van der Waals surface area contributed by atoms with E-state index in [2.05, 4.69) is 15.3 Å². The maximum absolute atomic E-state index is 14.0. The average Bonchev–Trinajstić information content (AvgIpc) is 2.38. The van der Waals surface area contributed by atoms with E-state index in [9.17, 15) is 4.39 Å². The van der Waals surface area contributed by atoms with E-state index >= 15 is 0 Å². The number of rotatable bonds is 4. The number of aryl methyl sites for hydroxylation is 1. The van der Waals surface area contributed by atoms with Gasteiger partial charge in [0.05, 0.1) is 12.8 Å². The van der Waals surface area contributed by atoms with E-state index in [-0.39, 0.29) is 5.82 Å². The SMILES string of the molecule is CCNc1cc(-c2ccc(OC)cc2F)nc(C)n1. The summed E-state index contributed by atoms with van der Waals surface area (Å²) < 4.78 is 19.0. The molecule has 0 unspecified atom stereocenters. The summed E-state index contributed by atoms with van der Waals surface area (Å²) in [4.78, 5) is 8.51. The molecule has 5 heteroatoms. The third-order valence-corrected chi connectivity index (χ3v) is 2.65. The molecule has 0 bridgehead atoms. The highest BCUT2D eigenvalue weighted by Crippen LogP contribution is 2.26. The Labute approximate surface area is 111 Å². The second-order valence-corrected chi connectivity index (χ2v) is 4.06. The zero-order chi connectivity index (χ0) is 13.8. The number of halogens is 1. The van der Waals surface area contributed by atoms with Gasteiger partial charge in [-0.1, -0.05) is 0 Å². The van der Waals surface area contributed by atoms with Gasteiger partial charge < -0.3 is 10.1 Å². The summed E-state index contributed by atoms with van der Waals surface area (Å²) in [5, 5.41) is 3.10. The minimum absolute atomic E-state index is 0.361. The minimum atomic E-state index is -0.361. The van der Waals surface area contributed by atoms with Crippen LogP contribution < -0.4 is 10.1 Å². The summed E-state index contributed by atoms with van der Waals surface area (Å²) >= 11 is 0. The van der Waals surface area contributed by atoms with Gasteiger partial charge in [0.25, 0.3) is 0 Å². The van der Waals surface area contributed by atoms with Crippen LogP contribution in [-0.2, 0) is 0 Å². The lowest BCUT2D eigenvalue weighted by Gasteiger charge is -2.08. The molecule has 1 heterocycles. The zero-order valence-corrected chi connectivity index (χ0v) is 11.2. The summed E-state index contributed by atoms with van der Waals surface area (Å²) in [5.41, 5.74) is 0.994. The van der Waals surface area contributed by atoms with Gasteiger partial charge in [-0.05, 0) is 26.0 Å². The fourth-order valence-corrected chi connectivity index (χ4v) is 1.81. The van der Waals surface area contributed by atoms with Gasteiger partial charge >= 0.3 is 0 Å². The molecule has 0 saturated heterocycles. The molecule has 0 aliphatic heterocycles. The molecule has 19 heavy (non-hydrogen) atoms. The van der Waals surface area contributed by atoms with Crippen molar-refractivity contribution in [1.82, 2.24) is 9.97 Å². The van der Waals surface area contributed by atoms with Gasteiger partial charge in [0.15, 0.2) is 0 Å². The molecule has 100 valence electrons. The van der Waals surface area contributed by atoms with Crippen molar-refractivity contribution in [3.63, 3.8) is 0 Å². The molecule has 1 N–H and O–H groups in total. The van der Waals surface area contributed by atoms with Crippen LogP contribution in [-0.4, -0.2) is 23.6 Å².